The molecule has 0 amide bonds. The largest absolute Gasteiger partial charge is 0.404 e. The van der Waals surface area contributed by atoms with Crippen LogP contribution in [0.15, 0.2) is 66.0 Å². The molecule has 0 bridgehead atoms. The molecular weight excluding hydrogens is 313 g/mol. The maximum Gasteiger partial charge on any atom is 0.129 e. The summed E-state index contributed by atoms with van der Waals surface area (Å²) in [6.07, 6.45) is 13.6. The molecule has 0 aromatic heterocycles. The number of nitrogens with one attached hydrogen (secondary N) is 1. The number of benzene rings is 1. The van der Waals surface area contributed by atoms with Crippen LogP contribution < -0.4 is 5.73 Å². The second-order valence-electron chi connectivity index (χ2n) is 5.91. The Kier molecular flexibility index (Phi) is 8.40. The van der Waals surface area contributed by atoms with Crippen molar-refractivity contribution < 1.29 is 4.39 Å². The maximum atomic E-state index is 14.0. The first-order valence-electron chi connectivity index (χ1n) is 8.34. The van der Waals surface area contributed by atoms with E-state index in [9.17, 15) is 4.39 Å². The highest BCUT2D eigenvalue weighted by atomic mass is 19.1. The average Bonchev–Trinajstić information content (AvgIpc) is 2.59. The molecule has 1 heterocycles. The minimum atomic E-state index is -0.129. The highest BCUT2D eigenvalue weighted by molar-refractivity contribution is 5.48. The normalized spacial score (nSPS) is 17.2. The van der Waals surface area contributed by atoms with Gasteiger partial charge in [-0.25, -0.2) is 4.39 Å². The van der Waals surface area contributed by atoms with Crippen molar-refractivity contribution in [2.75, 3.05) is 7.05 Å². The van der Waals surface area contributed by atoms with Gasteiger partial charge >= 0.3 is 0 Å². The topological polar surface area (TPSA) is 53.1 Å². The second kappa shape index (κ2) is 10.3. The molecule has 0 spiro atoms. The van der Waals surface area contributed by atoms with Crippen LogP contribution in [0.2, 0.25) is 0 Å². The van der Waals surface area contributed by atoms with Gasteiger partial charge in [-0.2, -0.15) is 0 Å². The van der Waals surface area contributed by atoms with E-state index < -0.39 is 0 Å². The van der Waals surface area contributed by atoms with E-state index in [2.05, 4.69) is 30.2 Å². The van der Waals surface area contributed by atoms with E-state index in [0.717, 1.165) is 11.1 Å². The van der Waals surface area contributed by atoms with Gasteiger partial charge in [0.05, 0.1) is 0 Å². The predicted octanol–water partition coefficient (Wildman–Crippen LogP) is 4.51. The van der Waals surface area contributed by atoms with Crippen LogP contribution in [-0.2, 0) is 6.42 Å². The number of allylic oxidation sites excluding steroid dienone is 5. The lowest BCUT2D eigenvalue weighted by Gasteiger charge is -2.25. The lowest BCUT2D eigenvalue weighted by molar-refractivity contribution is 0.400. The highest BCUT2D eigenvalue weighted by Gasteiger charge is 2.10. The number of hydrogen-bond donors (Lipinski definition) is 2. The smallest absolute Gasteiger partial charge is 0.129 e. The number of nitrogens with two attached hydrogens (primary N) is 1. The first-order chi connectivity index (χ1) is 11.9. The Balaban J connectivity index is 0.000000970. The van der Waals surface area contributed by atoms with Crippen molar-refractivity contribution in [1.29, 1.82) is 5.41 Å². The van der Waals surface area contributed by atoms with Crippen LogP contribution in [-0.4, -0.2) is 24.2 Å². The van der Waals surface area contributed by atoms with Crippen molar-refractivity contribution in [2.24, 2.45) is 5.73 Å². The van der Waals surface area contributed by atoms with Gasteiger partial charge in [-0.1, -0.05) is 42.5 Å². The number of rotatable bonds is 4. The van der Waals surface area contributed by atoms with Crippen LogP contribution in [0.1, 0.15) is 25.0 Å². The zero-order valence-corrected chi connectivity index (χ0v) is 15.5. The molecule has 0 fully saturated rings. The number of likely N-dealkylation sites (N-methyl/N-ethyl adjacent to an activating group) is 1. The summed E-state index contributed by atoms with van der Waals surface area (Å²) in [5.41, 5.74) is 9.10. The van der Waals surface area contributed by atoms with Gasteiger partial charge in [-0.3, -0.25) is 0 Å². The molecule has 1 aliphatic heterocycles. The number of halogens is 1. The fourth-order valence-electron chi connectivity index (χ4n) is 2.36. The summed E-state index contributed by atoms with van der Waals surface area (Å²) in [6.45, 7) is 5.58. The van der Waals surface area contributed by atoms with E-state index in [1.165, 1.54) is 6.21 Å². The van der Waals surface area contributed by atoms with Gasteiger partial charge in [-0.05, 0) is 55.7 Å². The van der Waals surface area contributed by atoms with E-state index in [0.29, 0.717) is 23.6 Å². The van der Waals surface area contributed by atoms with Crippen LogP contribution in [0.4, 0.5) is 4.39 Å². The molecule has 3 nitrogen and oxygen atoms in total. The summed E-state index contributed by atoms with van der Waals surface area (Å²) < 4.78 is 14.0. The molecule has 2 rings (SSSR count). The summed E-state index contributed by atoms with van der Waals surface area (Å²) in [7, 11) is 2.04. The Morgan fingerprint density at radius 1 is 1.40 bits per heavy atom. The predicted molar refractivity (Wildman–Crippen MR) is 105 cm³/mol. The second-order valence-corrected chi connectivity index (χ2v) is 5.91. The zero-order valence-electron chi connectivity index (χ0n) is 15.5. The van der Waals surface area contributed by atoms with Crippen LogP contribution in [0.5, 0.6) is 0 Å². The van der Waals surface area contributed by atoms with Crippen molar-refractivity contribution >= 4 is 6.21 Å². The highest BCUT2D eigenvalue weighted by Crippen LogP contribution is 2.20. The van der Waals surface area contributed by atoms with Gasteiger partial charge < -0.3 is 16.0 Å². The molecule has 0 aliphatic carbocycles. The molecule has 1 aromatic carbocycles. The third-order valence-corrected chi connectivity index (χ3v) is 3.96. The average molecular weight is 341 g/mol. The van der Waals surface area contributed by atoms with Crippen LogP contribution in [0.3, 0.4) is 0 Å². The summed E-state index contributed by atoms with van der Waals surface area (Å²) in [5.74, 6) is -0.129. The van der Waals surface area contributed by atoms with E-state index in [1.807, 2.05) is 31.3 Å². The summed E-state index contributed by atoms with van der Waals surface area (Å²) >= 11 is 0. The Bertz CT molecular complexity index is 699. The number of hydrogen-bond acceptors (Lipinski definition) is 3. The molecule has 4 heteroatoms. The van der Waals surface area contributed by atoms with Gasteiger partial charge in [0.2, 0.25) is 0 Å². The fraction of sp³-hybridized carbons (Fsp3) is 0.286. The lowest BCUT2D eigenvalue weighted by Crippen LogP contribution is -2.24. The monoisotopic (exact) mass is 341 g/mol. The fourth-order valence-corrected chi connectivity index (χ4v) is 2.36. The molecule has 25 heavy (non-hydrogen) atoms. The van der Waals surface area contributed by atoms with Crippen molar-refractivity contribution in [1.82, 2.24) is 4.90 Å². The van der Waals surface area contributed by atoms with E-state index in [1.54, 1.807) is 26.1 Å². The minimum absolute atomic E-state index is 0.129. The molecule has 3 N–H and O–H groups in total. The minimum Gasteiger partial charge on any atom is -0.404 e. The van der Waals surface area contributed by atoms with Gasteiger partial charge in [0, 0.05) is 25.5 Å². The summed E-state index contributed by atoms with van der Waals surface area (Å²) in [5, 5.41) is 6.08. The Labute approximate surface area is 150 Å². The quantitative estimate of drug-likeness (QED) is 0.625. The van der Waals surface area contributed by atoms with Crippen molar-refractivity contribution in [3.05, 3.63) is 83.0 Å². The molecule has 0 radical (unpaired) electrons. The molecular formula is C21H28FN3. The van der Waals surface area contributed by atoms with Crippen molar-refractivity contribution in [3.8, 4) is 0 Å². The Hall–Kier alpha value is -2.62. The molecule has 1 aliphatic rings. The standard InChI is InChI=1S/C19H23FN2.C2H5N/c1-14-6-4-7-16(19(14)20)8-5-9-17(12-21)18-11-10-15(2)22(3)13-18;1-2-3/h4-7,9-13,15H,8,21H2,1-3H3;2-3H,1H3/b9-5-,17-12+;. The van der Waals surface area contributed by atoms with Crippen molar-refractivity contribution in [2.45, 2.75) is 33.2 Å². The molecule has 134 valence electrons. The van der Waals surface area contributed by atoms with Crippen molar-refractivity contribution in [3.63, 3.8) is 0 Å². The summed E-state index contributed by atoms with van der Waals surface area (Å²) in [4.78, 5) is 2.13. The zero-order chi connectivity index (χ0) is 18.8. The molecule has 1 atom stereocenters. The maximum absolute atomic E-state index is 14.0. The Morgan fingerprint density at radius 2 is 2.08 bits per heavy atom. The molecule has 0 saturated carbocycles. The van der Waals surface area contributed by atoms with Crippen LogP contribution in [0.25, 0.3) is 0 Å². The Morgan fingerprint density at radius 3 is 2.68 bits per heavy atom. The van der Waals surface area contributed by atoms with E-state index in [-0.39, 0.29) is 5.82 Å². The first kappa shape index (κ1) is 20.4. The van der Waals surface area contributed by atoms with Gasteiger partial charge in [0.1, 0.15) is 5.82 Å². The molecule has 1 unspecified atom stereocenters. The molecule has 0 saturated heterocycles. The van der Waals surface area contributed by atoms with E-state index >= 15 is 0 Å². The van der Waals surface area contributed by atoms with Crippen LogP contribution >= 0.6 is 0 Å². The van der Waals surface area contributed by atoms with Crippen LogP contribution in [0, 0.1) is 18.2 Å². The molecule has 1 aromatic rings. The van der Waals surface area contributed by atoms with Gasteiger partial charge in [0.15, 0.2) is 0 Å². The van der Waals surface area contributed by atoms with Gasteiger partial charge in [0.25, 0.3) is 0 Å². The SMILES string of the molecule is CC=N.Cc1cccc(C/C=C\C(=C/N)C2=CN(C)C(C)C=C2)c1F. The van der Waals surface area contributed by atoms with E-state index in [4.69, 9.17) is 11.1 Å². The number of nitrogens with zero attached hydrogens (tertiary/aromatic N) is 1. The lowest BCUT2D eigenvalue weighted by atomic mass is 10.0. The third kappa shape index (κ3) is 6.07. The third-order valence-electron chi connectivity index (χ3n) is 3.96. The number of aryl methyl sites for hydroxylation is 1. The first-order valence-corrected chi connectivity index (χ1v) is 8.34. The summed E-state index contributed by atoms with van der Waals surface area (Å²) in [6, 6.07) is 5.85. The van der Waals surface area contributed by atoms with Gasteiger partial charge in [-0.15, -0.1) is 0 Å².